The normalized spacial score (nSPS) is 16.6. The first-order chi connectivity index (χ1) is 14.0. The number of esters is 1. The van der Waals surface area contributed by atoms with Gasteiger partial charge < -0.3 is 9.47 Å². The first-order valence-corrected chi connectivity index (χ1v) is 10.8. The van der Waals surface area contributed by atoms with Crippen molar-refractivity contribution in [1.29, 1.82) is 5.26 Å². The summed E-state index contributed by atoms with van der Waals surface area (Å²) in [5.41, 5.74) is -3.52. The molecule has 160 valence electrons. The molecule has 0 N–H and O–H groups in total. The van der Waals surface area contributed by atoms with E-state index in [-0.39, 0.29) is 17.9 Å². The molecule has 0 radical (unpaired) electrons. The van der Waals surface area contributed by atoms with Crippen molar-refractivity contribution in [1.82, 2.24) is 5.06 Å². The fourth-order valence-electron chi connectivity index (χ4n) is 2.38. The Morgan fingerprint density at radius 1 is 1.43 bits per heavy atom. The number of hydrogen-bond acceptors (Lipinski definition) is 11. The summed E-state index contributed by atoms with van der Waals surface area (Å²) in [6, 6.07) is 5.99. The molecular weight excluding hydrogens is 488 g/mol. The zero-order valence-corrected chi connectivity index (χ0v) is 18.3. The van der Waals surface area contributed by atoms with Gasteiger partial charge in [-0.3, -0.25) is 15.0 Å². The molecule has 1 heterocycles. The second-order valence-electron chi connectivity index (χ2n) is 5.66. The quantitative estimate of drug-likeness (QED) is 0.302. The van der Waals surface area contributed by atoms with Gasteiger partial charge in [0, 0.05) is 10.7 Å². The Labute approximate surface area is 179 Å². The number of nitrogens with zero attached hydrogens (tertiary/aromatic N) is 4. The molecule has 1 aromatic rings. The lowest BCUT2D eigenvalue weighted by molar-refractivity contribution is -0.421. The maximum atomic E-state index is 12.3. The largest absolute Gasteiger partial charge is 0.461 e. The number of halogens is 1. The molecule has 1 aromatic carbocycles. The van der Waals surface area contributed by atoms with Crippen LogP contribution in [0.15, 0.2) is 39.2 Å². The second-order valence-corrected chi connectivity index (χ2v) is 8.66. The number of aliphatic imine (C=N–C) groups is 1. The van der Waals surface area contributed by atoms with Crippen molar-refractivity contribution in [3.63, 3.8) is 0 Å². The van der Waals surface area contributed by atoms with E-state index in [4.69, 9.17) is 19.6 Å². The lowest BCUT2D eigenvalue weighted by Gasteiger charge is -2.30. The van der Waals surface area contributed by atoms with Crippen LogP contribution in [0.3, 0.4) is 0 Å². The number of hydrogen-bond donors (Lipinski definition) is 0. The summed E-state index contributed by atoms with van der Waals surface area (Å²) in [5, 5.41) is 21.4. The summed E-state index contributed by atoms with van der Waals surface area (Å²) in [5.74, 6) is -1.99. The van der Waals surface area contributed by atoms with Crippen LogP contribution in [0.4, 0.5) is 0 Å². The van der Waals surface area contributed by atoms with Gasteiger partial charge in [0.15, 0.2) is 9.84 Å². The number of rotatable bonds is 7. The summed E-state index contributed by atoms with van der Waals surface area (Å²) in [7, 11) is -3.01. The number of nitriles is 1. The summed E-state index contributed by atoms with van der Waals surface area (Å²) in [6.07, 6.45) is 0.803. The van der Waals surface area contributed by atoms with Crippen LogP contribution in [0.25, 0.3) is 0 Å². The molecule has 1 aliphatic heterocycles. The van der Waals surface area contributed by atoms with Crippen LogP contribution in [0, 0.1) is 21.4 Å². The van der Waals surface area contributed by atoms with E-state index in [2.05, 4.69) is 20.9 Å². The molecule has 0 bridgehead atoms. The Bertz CT molecular complexity index is 1090. The highest BCUT2D eigenvalue weighted by Crippen LogP contribution is 2.30. The standard InChI is InChI=1S/C16H15BrN4O8S/c1-4-28-15(22)12-13(21(23)24)14(20(27-2)16(19-12)30(3,25)26)29-11-6-9(8-18)5-10(17)7-11/h5-7,16H,4H2,1-3H3. The minimum absolute atomic E-state index is 0.0605. The Hall–Kier alpha value is -3.02. The van der Waals surface area contributed by atoms with E-state index in [1.807, 2.05) is 6.07 Å². The van der Waals surface area contributed by atoms with Gasteiger partial charge in [0.2, 0.25) is 5.71 Å². The second kappa shape index (κ2) is 9.20. The van der Waals surface area contributed by atoms with Gasteiger partial charge in [-0.1, -0.05) is 15.9 Å². The van der Waals surface area contributed by atoms with Crippen LogP contribution >= 0.6 is 15.9 Å². The average Bonchev–Trinajstić information content (AvgIpc) is 2.65. The van der Waals surface area contributed by atoms with E-state index in [1.54, 1.807) is 0 Å². The van der Waals surface area contributed by atoms with Crippen LogP contribution in [-0.2, 0) is 24.2 Å². The molecule has 1 atom stereocenters. The van der Waals surface area contributed by atoms with E-state index in [0.29, 0.717) is 9.54 Å². The number of ether oxygens (including phenoxy) is 2. The maximum Gasteiger partial charge on any atom is 0.364 e. The Morgan fingerprint density at radius 3 is 2.60 bits per heavy atom. The number of carbonyl (C=O) groups is 1. The van der Waals surface area contributed by atoms with Crippen LogP contribution in [-0.4, -0.2) is 55.6 Å². The molecule has 2 rings (SSSR count). The van der Waals surface area contributed by atoms with E-state index in [1.165, 1.54) is 25.1 Å². The van der Waals surface area contributed by atoms with Crippen LogP contribution in [0.5, 0.6) is 5.75 Å². The zero-order chi connectivity index (χ0) is 22.6. The molecule has 0 aliphatic carbocycles. The van der Waals surface area contributed by atoms with Crippen molar-refractivity contribution in [3.05, 3.63) is 49.9 Å². The third-order valence-electron chi connectivity index (χ3n) is 3.51. The van der Waals surface area contributed by atoms with E-state index in [9.17, 15) is 23.3 Å². The van der Waals surface area contributed by atoms with Gasteiger partial charge in [-0.15, -0.1) is 0 Å². The van der Waals surface area contributed by atoms with Crippen molar-refractivity contribution < 1.29 is 32.4 Å². The van der Waals surface area contributed by atoms with Crippen molar-refractivity contribution in [3.8, 4) is 11.8 Å². The van der Waals surface area contributed by atoms with Gasteiger partial charge in [-0.25, -0.2) is 18.2 Å². The van der Waals surface area contributed by atoms with E-state index in [0.717, 1.165) is 13.4 Å². The van der Waals surface area contributed by atoms with E-state index >= 15 is 0 Å². The molecule has 0 spiro atoms. The SMILES string of the molecule is CCOC(=O)C1=NC(S(C)(=O)=O)N(OC)C(Oc2cc(Br)cc(C#N)c2)=C1[N+](=O)[O-]. The number of nitro groups is 1. The average molecular weight is 503 g/mol. The van der Waals surface area contributed by atoms with Gasteiger partial charge in [0.25, 0.3) is 5.50 Å². The Kier molecular flexibility index (Phi) is 7.13. The molecule has 0 saturated heterocycles. The molecule has 30 heavy (non-hydrogen) atoms. The minimum Gasteiger partial charge on any atom is -0.461 e. The van der Waals surface area contributed by atoms with Crippen molar-refractivity contribution in [2.45, 2.75) is 12.4 Å². The summed E-state index contributed by atoms with van der Waals surface area (Å²) in [6.45, 7) is 1.34. The maximum absolute atomic E-state index is 12.3. The monoisotopic (exact) mass is 502 g/mol. The molecule has 0 amide bonds. The lowest BCUT2D eigenvalue weighted by Crippen LogP contribution is -2.47. The van der Waals surface area contributed by atoms with Crippen LogP contribution < -0.4 is 4.74 Å². The number of carbonyl (C=O) groups excluding carboxylic acids is 1. The van der Waals surface area contributed by atoms with Crippen LogP contribution in [0.2, 0.25) is 0 Å². The summed E-state index contributed by atoms with van der Waals surface area (Å²) < 4.78 is 35.2. The molecule has 1 unspecified atom stereocenters. The van der Waals surface area contributed by atoms with Crippen molar-refractivity contribution in [2.75, 3.05) is 20.0 Å². The third-order valence-corrected chi connectivity index (χ3v) is 5.03. The van der Waals surface area contributed by atoms with Gasteiger partial charge >= 0.3 is 17.5 Å². The predicted molar refractivity (Wildman–Crippen MR) is 105 cm³/mol. The van der Waals surface area contributed by atoms with Crippen molar-refractivity contribution >= 4 is 37.4 Å². The molecular formula is C16H15BrN4O8S. The molecule has 1 aliphatic rings. The fraction of sp³-hybridized carbons (Fsp3) is 0.312. The highest BCUT2D eigenvalue weighted by atomic mass is 79.9. The Morgan fingerprint density at radius 2 is 2.10 bits per heavy atom. The smallest absolute Gasteiger partial charge is 0.364 e. The highest BCUT2D eigenvalue weighted by molar-refractivity contribution is 9.10. The topological polar surface area (TPSA) is 161 Å². The van der Waals surface area contributed by atoms with Crippen molar-refractivity contribution in [2.24, 2.45) is 4.99 Å². The van der Waals surface area contributed by atoms with Gasteiger partial charge in [-0.05, 0) is 25.1 Å². The number of sulfone groups is 1. The van der Waals surface area contributed by atoms with Gasteiger partial charge in [0.1, 0.15) is 5.75 Å². The molecule has 0 saturated carbocycles. The summed E-state index contributed by atoms with van der Waals surface area (Å²) >= 11 is 3.17. The number of hydroxylamine groups is 2. The highest BCUT2D eigenvalue weighted by Gasteiger charge is 2.47. The van der Waals surface area contributed by atoms with Crippen LogP contribution in [0.1, 0.15) is 12.5 Å². The zero-order valence-electron chi connectivity index (χ0n) is 15.9. The molecule has 14 heteroatoms. The van der Waals surface area contributed by atoms with E-state index < -0.39 is 43.5 Å². The first-order valence-electron chi connectivity index (χ1n) is 8.08. The first kappa shape index (κ1) is 23.3. The fourth-order valence-corrected chi connectivity index (χ4v) is 3.68. The summed E-state index contributed by atoms with van der Waals surface area (Å²) in [4.78, 5) is 31.8. The predicted octanol–water partition coefficient (Wildman–Crippen LogP) is 1.35. The van der Waals surface area contributed by atoms with Gasteiger partial charge in [-0.2, -0.15) is 10.3 Å². The molecule has 12 nitrogen and oxygen atoms in total. The number of benzene rings is 1. The third kappa shape index (κ3) is 4.93. The van der Waals surface area contributed by atoms with Gasteiger partial charge in [0.05, 0.1) is 30.3 Å². The molecule has 0 aromatic heterocycles. The minimum atomic E-state index is -4.06. The Balaban J connectivity index is 2.76. The molecule has 0 fully saturated rings. The lowest BCUT2D eigenvalue weighted by atomic mass is 10.2.